The number of halogens is 1. The molecule has 1 aromatic heterocycles. The predicted molar refractivity (Wildman–Crippen MR) is 97.0 cm³/mol. The lowest BCUT2D eigenvalue weighted by Crippen LogP contribution is -2.23. The lowest BCUT2D eigenvalue weighted by molar-refractivity contribution is -0.385. The van der Waals surface area contributed by atoms with E-state index >= 15 is 0 Å². The molecule has 0 aliphatic rings. The molecule has 0 aliphatic carbocycles. The average molecular weight is 371 g/mol. The normalized spacial score (nSPS) is 10.5. The van der Waals surface area contributed by atoms with Crippen LogP contribution in [-0.4, -0.2) is 20.6 Å². The highest BCUT2D eigenvalue weighted by molar-refractivity contribution is 6.31. The van der Waals surface area contributed by atoms with Crippen LogP contribution in [0.1, 0.15) is 21.5 Å². The minimum Gasteiger partial charge on any atom is -0.348 e. The van der Waals surface area contributed by atoms with Gasteiger partial charge in [-0.3, -0.25) is 19.6 Å². The average Bonchev–Trinajstić information content (AvgIpc) is 3.13. The number of benzene rings is 2. The van der Waals surface area contributed by atoms with Crippen molar-refractivity contribution in [2.45, 2.75) is 13.1 Å². The van der Waals surface area contributed by atoms with Crippen molar-refractivity contribution in [3.8, 4) is 0 Å². The van der Waals surface area contributed by atoms with E-state index in [-0.39, 0.29) is 22.8 Å². The summed E-state index contributed by atoms with van der Waals surface area (Å²) in [6.45, 7) is 0.928. The third-order valence-corrected chi connectivity index (χ3v) is 4.02. The predicted octanol–water partition coefficient (Wildman–Crippen LogP) is 3.42. The third-order valence-electron chi connectivity index (χ3n) is 3.78. The van der Waals surface area contributed by atoms with E-state index in [9.17, 15) is 14.9 Å². The largest absolute Gasteiger partial charge is 0.348 e. The van der Waals surface area contributed by atoms with Crippen LogP contribution >= 0.6 is 11.6 Å². The van der Waals surface area contributed by atoms with Crippen molar-refractivity contribution in [3.05, 3.63) is 92.8 Å². The van der Waals surface area contributed by atoms with Gasteiger partial charge in [0, 0.05) is 30.0 Å². The number of nitro benzene ring substituents is 1. The van der Waals surface area contributed by atoms with Gasteiger partial charge in [0.05, 0.1) is 11.5 Å². The van der Waals surface area contributed by atoms with Gasteiger partial charge < -0.3 is 5.32 Å². The van der Waals surface area contributed by atoms with Crippen LogP contribution in [-0.2, 0) is 13.1 Å². The molecule has 0 atom stereocenters. The van der Waals surface area contributed by atoms with Gasteiger partial charge in [-0.25, -0.2) is 0 Å². The van der Waals surface area contributed by atoms with E-state index in [1.54, 1.807) is 6.20 Å². The lowest BCUT2D eigenvalue weighted by Gasteiger charge is -2.08. The van der Waals surface area contributed by atoms with Crippen molar-refractivity contribution >= 4 is 23.2 Å². The fourth-order valence-electron chi connectivity index (χ4n) is 2.47. The number of nitrogens with one attached hydrogen (secondary N) is 1. The van der Waals surface area contributed by atoms with Gasteiger partial charge in [-0.05, 0) is 29.3 Å². The molecule has 3 rings (SSSR count). The number of hydrogen-bond donors (Lipinski definition) is 1. The van der Waals surface area contributed by atoms with Crippen LogP contribution in [0.25, 0.3) is 0 Å². The second kappa shape index (κ2) is 7.79. The van der Waals surface area contributed by atoms with Crippen LogP contribution in [0, 0.1) is 10.1 Å². The number of amides is 1. The monoisotopic (exact) mass is 370 g/mol. The molecule has 26 heavy (non-hydrogen) atoms. The van der Waals surface area contributed by atoms with Crippen LogP contribution in [0.15, 0.2) is 60.9 Å². The second-order valence-electron chi connectivity index (χ2n) is 5.62. The highest BCUT2D eigenvalue weighted by Crippen LogP contribution is 2.23. The van der Waals surface area contributed by atoms with E-state index in [1.165, 1.54) is 18.2 Å². The number of nitrogens with zero attached hydrogens (tertiary/aromatic N) is 3. The number of nitro groups is 1. The maximum Gasteiger partial charge on any atom is 0.283 e. The van der Waals surface area contributed by atoms with Crippen LogP contribution < -0.4 is 5.32 Å². The molecule has 0 spiro atoms. The summed E-state index contributed by atoms with van der Waals surface area (Å²) in [6, 6.07) is 13.5. The van der Waals surface area contributed by atoms with E-state index in [0.717, 1.165) is 11.1 Å². The second-order valence-corrected chi connectivity index (χ2v) is 6.06. The van der Waals surface area contributed by atoms with E-state index in [2.05, 4.69) is 10.4 Å². The Morgan fingerprint density at radius 2 is 1.92 bits per heavy atom. The van der Waals surface area contributed by atoms with E-state index in [4.69, 9.17) is 11.6 Å². The maximum atomic E-state index is 12.3. The zero-order chi connectivity index (χ0) is 18.5. The Morgan fingerprint density at radius 1 is 1.19 bits per heavy atom. The summed E-state index contributed by atoms with van der Waals surface area (Å²) in [7, 11) is 0. The van der Waals surface area contributed by atoms with Crippen molar-refractivity contribution in [1.29, 1.82) is 0 Å². The number of carbonyl (C=O) groups excluding carboxylic acids is 1. The number of rotatable bonds is 6. The Bertz CT molecular complexity index is 924. The van der Waals surface area contributed by atoms with Gasteiger partial charge in [-0.2, -0.15) is 5.10 Å². The topological polar surface area (TPSA) is 90.1 Å². The molecule has 0 unspecified atom stereocenters. The number of aromatic nitrogens is 2. The fraction of sp³-hybridized carbons (Fsp3) is 0.111. The van der Waals surface area contributed by atoms with Crippen molar-refractivity contribution in [2.24, 2.45) is 0 Å². The van der Waals surface area contributed by atoms with Crippen LogP contribution in [0.5, 0.6) is 0 Å². The molecule has 0 aliphatic heterocycles. The minimum absolute atomic E-state index is 0.0188. The molecule has 0 bridgehead atoms. The first-order valence-corrected chi connectivity index (χ1v) is 8.18. The molecule has 0 saturated heterocycles. The van der Waals surface area contributed by atoms with Crippen molar-refractivity contribution in [2.75, 3.05) is 0 Å². The summed E-state index contributed by atoms with van der Waals surface area (Å²) in [4.78, 5) is 22.7. The zero-order valence-corrected chi connectivity index (χ0v) is 14.4. The third kappa shape index (κ3) is 4.25. The number of hydrogen-bond acceptors (Lipinski definition) is 4. The Kier molecular flexibility index (Phi) is 5.28. The summed E-state index contributed by atoms with van der Waals surface area (Å²) in [6.07, 6.45) is 3.60. The van der Waals surface area contributed by atoms with Gasteiger partial charge in [0.2, 0.25) is 0 Å². The first-order chi connectivity index (χ1) is 12.5. The molecular weight excluding hydrogens is 356 g/mol. The summed E-state index contributed by atoms with van der Waals surface area (Å²) in [5.41, 5.74) is 1.63. The smallest absolute Gasteiger partial charge is 0.283 e. The molecule has 1 heterocycles. The molecular formula is C18H15ClN4O3. The van der Waals surface area contributed by atoms with Gasteiger partial charge >= 0.3 is 0 Å². The standard InChI is InChI=1S/C18H15ClN4O3/c19-15-6-7-16(17(10-15)23(25)26)18(24)20-11-13-2-4-14(5-3-13)12-22-9-1-8-21-22/h1-10H,11-12H2,(H,20,24). The van der Waals surface area contributed by atoms with Crippen molar-refractivity contribution in [3.63, 3.8) is 0 Å². The maximum absolute atomic E-state index is 12.3. The molecule has 3 aromatic rings. The molecule has 0 radical (unpaired) electrons. The quantitative estimate of drug-likeness (QED) is 0.531. The van der Waals surface area contributed by atoms with Gasteiger partial charge in [0.25, 0.3) is 11.6 Å². The van der Waals surface area contributed by atoms with E-state index in [1.807, 2.05) is 41.2 Å². The zero-order valence-electron chi connectivity index (χ0n) is 13.6. The van der Waals surface area contributed by atoms with Gasteiger partial charge in [-0.1, -0.05) is 35.9 Å². The highest BCUT2D eigenvalue weighted by atomic mass is 35.5. The van der Waals surface area contributed by atoms with Crippen LogP contribution in [0.3, 0.4) is 0 Å². The summed E-state index contributed by atoms with van der Waals surface area (Å²) in [5, 5.41) is 18.1. The summed E-state index contributed by atoms with van der Waals surface area (Å²) < 4.78 is 1.82. The molecule has 0 fully saturated rings. The molecule has 8 heteroatoms. The van der Waals surface area contributed by atoms with Gasteiger partial charge in [0.1, 0.15) is 5.56 Å². The Hall–Kier alpha value is -3.19. The molecule has 0 saturated carbocycles. The van der Waals surface area contributed by atoms with Crippen molar-refractivity contribution in [1.82, 2.24) is 15.1 Å². The SMILES string of the molecule is O=C(NCc1ccc(Cn2cccn2)cc1)c1ccc(Cl)cc1[N+](=O)[O-]. The number of carbonyl (C=O) groups is 1. The molecule has 1 amide bonds. The Labute approximate surface area is 154 Å². The van der Waals surface area contributed by atoms with Crippen LogP contribution in [0.4, 0.5) is 5.69 Å². The first kappa shape index (κ1) is 17.6. The molecule has 132 valence electrons. The van der Waals surface area contributed by atoms with Crippen molar-refractivity contribution < 1.29 is 9.72 Å². The fourth-order valence-corrected chi connectivity index (χ4v) is 2.64. The van der Waals surface area contributed by atoms with Crippen LogP contribution in [0.2, 0.25) is 5.02 Å². The summed E-state index contributed by atoms with van der Waals surface area (Å²) in [5.74, 6) is -0.519. The van der Waals surface area contributed by atoms with Gasteiger partial charge in [-0.15, -0.1) is 0 Å². The van der Waals surface area contributed by atoms with Gasteiger partial charge in [0.15, 0.2) is 0 Å². The lowest BCUT2D eigenvalue weighted by atomic mass is 10.1. The highest BCUT2D eigenvalue weighted by Gasteiger charge is 2.20. The summed E-state index contributed by atoms with van der Waals surface area (Å²) >= 11 is 5.76. The Morgan fingerprint density at radius 3 is 2.58 bits per heavy atom. The minimum atomic E-state index is -0.620. The molecule has 2 aromatic carbocycles. The molecule has 7 nitrogen and oxygen atoms in total. The molecule has 1 N–H and O–H groups in total. The van der Waals surface area contributed by atoms with E-state index in [0.29, 0.717) is 6.54 Å². The Balaban J connectivity index is 1.64. The first-order valence-electron chi connectivity index (χ1n) is 7.80. The van der Waals surface area contributed by atoms with E-state index < -0.39 is 10.8 Å².